The van der Waals surface area contributed by atoms with Gasteiger partial charge in [-0.25, -0.2) is 4.79 Å². The second kappa shape index (κ2) is 8.09. The van der Waals surface area contributed by atoms with Crippen LogP contribution in [0.15, 0.2) is 48.5 Å². The molecule has 3 rings (SSSR count). The quantitative estimate of drug-likeness (QED) is 0.890. The Hall–Kier alpha value is -2.40. The normalized spacial score (nSPS) is 20.4. The average molecular weight is 367 g/mol. The number of hydrogen-bond donors (Lipinski definition) is 1. The fraction of sp³-hybridized carbons (Fsp3) is 0.455. The molecule has 0 aliphatic carbocycles. The molecule has 0 saturated carbocycles. The van der Waals surface area contributed by atoms with Crippen LogP contribution in [0.2, 0.25) is 0 Å². The highest BCUT2D eigenvalue weighted by Crippen LogP contribution is 2.24. The number of carbonyl (C=O) groups excluding carboxylic acids is 1. The number of benzene rings is 1. The first-order valence-electron chi connectivity index (χ1n) is 9.60. The molecule has 1 aromatic carbocycles. The first-order valence-corrected chi connectivity index (χ1v) is 9.60. The van der Waals surface area contributed by atoms with Crippen LogP contribution in [0.3, 0.4) is 0 Å². The molecule has 5 nitrogen and oxygen atoms in total. The van der Waals surface area contributed by atoms with Crippen LogP contribution in [0.1, 0.15) is 39.3 Å². The smallest absolute Gasteiger partial charge is 0.410 e. The maximum atomic E-state index is 12.7. The van der Waals surface area contributed by atoms with E-state index >= 15 is 0 Å². The van der Waals surface area contributed by atoms with Gasteiger partial charge in [0, 0.05) is 30.3 Å². The van der Waals surface area contributed by atoms with Crippen LogP contribution in [0.25, 0.3) is 11.3 Å². The molecule has 5 heteroatoms. The molecule has 1 aromatic heterocycles. The van der Waals surface area contributed by atoms with E-state index in [0.29, 0.717) is 13.0 Å². The number of nitrogens with zero attached hydrogens (tertiary/aromatic N) is 2. The molecule has 1 fully saturated rings. The second-order valence-electron chi connectivity index (χ2n) is 8.13. The number of pyridine rings is 1. The van der Waals surface area contributed by atoms with Gasteiger partial charge in [-0.05, 0) is 45.7 Å². The highest BCUT2D eigenvalue weighted by atomic mass is 16.6. The molecule has 144 valence electrons. The molecular formula is C22H29N3O2. The van der Waals surface area contributed by atoms with Crippen molar-refractivity contribution in [2.75, 3.05) is 6.54 Å². The van der Waals surface area contributed by atoms with E-state index in [1.807, 2.05) is 69.3 Å². The molecule has 1 saturated heterocycles. The number of aromatic nitrogens is 1. The summed E-state index contributed by atoms with van der Waals surface area (Å²) in [7, 11) is 0. The summed E-state index contributed by atoms with van der Waals surface area (Å²) in [6.45, 7) is 6.32. The van der Waals surface area contributed by atoms with Gasteiger partial charge in [0.2, 0.25) is 0 Å². The van der Waals surface area contributed by atoms with E-state index < -0.39 is 5.60 Å². The molecule has 0 bridgehead atoms. The number of rotatable bonds is 3. The first-order chi connectivity index (χ1) is 12.8. The molecule has 0 unspecified atom stereocenters. The molecule has 1 aliphatic heterocycles. The van der Waals surface area contributed by atoms with Gasteiger partial charge < -0.3 is 15.4 Å². The fourth-order valence-corrected chi connectivity index (χ4v) is 3.47. The zero-order valence-electron chi connectivity index (χ0n) is 16.4. The highest BCUT2D eigenvalue weighted by Gasteiger charge is 2.35. The summed E-state index contributed by atoms with van der Waals surface area (Å²) in [6, 6.07) is 15.9. The van der Waals surface area contributed by atoms with Gasteiger partial charge in [-0.1, -0.05) is 36.4 Å². The Morgan fingerprint density at radius 2 is 1.93 bits per heavy atom. The van der Waals surface area contributed by atoms with E-state index in [9.17, 15) is 4.79 Å². The minimum atomic E-state index is -0.519. The summed E-state index contributed by atoms with van der Waals surface area (Å²) in [5.74, 6) is 0. The minimum absolute atomic E-state index is 0.0755. The van der Waals surface area contributed by atoms with Crippen LogP contribution >= 0.6 is 0 Å². The van der Waals surface area contributed by atoms with Crippen molar-refractivity contribution in [3.8, 4) is 11.3 Å². The summed E-state index contributed by atoms with van der Waals surface area (Å²) < 4.78 is 5.60. The number of nitrogens with two attached hydrogens (primary N) is 1. The largest absolute Gasteiger partial charge is 0.444 e. The lowest BCUT2D eigenvalue weighted by Gasteiger charge is -2.40. The molecule has 1 amide bonds. The number of likely N-dealkylation sites (tertiary alicyclic amines) is 1. The van der Waals surface area contributed by atoms with Gasteiger partial charge >= 0.3 is 6.09 Å². The van der Waals surface area contributed by atoms with Crippen molar-refractivity contribution in [1.82, 2.24) is 9.88 Å². The summed E-state index contributed by atoms with van der Waals surface area (Å²) in [6.07, 6.45) is 2.14. The van der Waals surface area contributed by atoms with Crippen LogP contribution in [0.4, 0.5) is 4.79 Å². The summed E-state index contributed by atoms with van der Waals surface area (Å²) in [5, 5.41) is 0. The number of amides is 1. The van der Waals surface area contributed by atoms with Crippen molar-refractivity contribution >= 4 is 6.09 Å². The maximum absolute atomic E-state index is 12.7. The lowest BCUT2D eigenvalue weighted by molar-refractivity contribution is 0.00685. The zero-order valence-corrected chi connectivity index (χ0v) is 16.4. The monoisotopic (exact) mass is 367 g/mol. The van der Waals surface area contributed by atoms with Crippen molar-refractivity contribution < 1.29 is 9.53 Å². The van der Waals surface area contributed by atoms with Crippen molar-refractivity contribution in [3.63, 3.8) is 0 Å². The molecule has 27 heavy (non-hydrogen) atoms. The van der Waals surface area contributed by atoms with Gasteiger partial charge in [-0.15, -0.1) is 0 Å². The summed E-state index contributed by atoms with van der Waals surface area (Å²) >= 11 is 0. The zero-order chi connectivity index (χ0) is 19.4. The van der Waals surface area contributed by atoms with Crippen LogP contribution < -0.4 is 5.73 Å². The standard InChI is InChI=1S/C22H29N3O2/c1-22(2,3)27-21(26)25-14-8-12-18(23)20(25)15-17-11-7-13-19(24-17)16-9-5-4-6-10-16/h4-7,9-11,13,18,20H,8,12,14-15,23H2,1-3H3/t18-,20-/m0/s1. The number of ether oxygens (including phenoxy) is 1. The van der Waals surface area contributed by atoms with Crippen molar-refractivity contribution in [1.29, 1.82) is 0 Å². The van der Waals surface area contributed by atoms with Crippen molar-refractivity contribution in [2.45, 2.75) is 57.7 Å². The number of hydrogen-bond acceptors (Lipinski definition) is 4. The SMILES string of the molecule is CC(C)(C)OC(=O)N1CCC[C@H](N)[C@@H]1Cc1cccc(-c2ccccc2)n1. The Morgan fingerprint density at radius 1 is 1.19 bits per heavy atom. The molecule has 2 atom stereocenters. The Labute approximate surface area is 161 Å². The average Bonchev–Trinajstić information content (AvgIpc) is 2.63. The van der Waals surface area contributed by atoms with Crippen LogP contribution in [-0.4, -0.2) is 40.2 Å². The molecule has 0 spiro atoms. The molecule has 0 radical (unpaired) electrons. The van der Waals surface area contributed by atoms with Crippen LogP contribution in [0.5, 0.6) is 0 Å². The molecule has 2 N–H and O–H groups in total. The highest BCUT2D eigenvalue weighted by molar-refractivity contribution is 5.69. The third-order valence-electron chi connectivity index (χ3n) is 4.75. The molecule has 2 heterocycles. The van der Waals surface area contributed by atoms with Crippen LogP contribution in [0, 0.1) is 0 Å². The second-order valence-corrected chi connectivity index (χ2v) is 8.13. The van der Waals surface area contributed by atoms with Gasteiger partial charge in [0.15, 0.2) is 0 Å². The predicted octanol–water partition coefficient (Wildman–Crippen LogP) is 4.02. The molecular weight excluding hydrogens is 338 g/mol. The van der Waals surface area contributed by atoms with E-state index in [1.165, 1.54) is 0 Å². The van der Waals surface area contributed by atoms with E-state index in [1.54, 1.807) is 4.90 Å². The third kappa shape index (κ3) is 5.07. The number of carbonyl (C=O) groups is 1. The van der Waals surface area contributed by atoms with Crippen molar-refractivity contribution in [2.24, 2.45) is 5.73 Å². The van der Waals surface area contributed by atoms with Gasteiger partial charge in [0.25, 0.3) is 0 Å². The summed E-state index contributed by atoms with van der Waals surface area (Å²) in [5.41, 5.74) is 8.82. The van der Waals surface area contributed by atoms with Crippen LogP contribution in [-0.2, 0) is 11.2 Å². The van der Waals surface area contributed by atoms with Gasteiger partial charge in [0.05, 0.1) is 11.7 Å². The van der Waals surface area contributed by atoms with E-state index in [2.05, 4.69) is 0 Å². The van der Waals surface area contributed by atoms with Gasteiger partial charge in [0.1, 0.15) is 5.60 Å². The van der Waals surface area contributed by atoms with E-state index in [-0.39, 0.29) is 18.2 Å². The third-order valence-corrected chi connectivity index (χ3v) is 4.75. The van der Waals surface area contributed by atoms with Crippen molar-refractivity contribution in [3.05, 3.63) is 54.2 Å². The molecule has 1 aliphatic rings. The fourth-order valence-electron chi connectivity index (χ4n) is 3.47. The Morgan fingerprint density at radius 3 is 2.63 bits per heavy atom. The molecule has 2 aromatic rings. The minimum Gasteiger partial charge on any atom is -0.444 e. The van der Waals surface area contributed by atoms with E-state index in [0.717, 1.165) is 29.8 Å². The Balaban J connectivity index is 1.80. The summed E-state index contributed by atoms with van der Waals surface area (Å²) in [4.78, 5) is 19.3. The van der Waals surface area contributed by atoms with Gasteiger partial charge in [-0.3, -0.25) is 4.98 Å². The first kappa shape index (κ1) is 19.4. The lowest BCUT2D eigenvalue weighted by atomic mass is 9.93. The predicted molar refractivity (Wildman–Crippen MR) is 107 cm³/mol. The Bertz CT molecular complexity index is 771. The lowest BCUT2D eigenvalue weighted by Crippen LogP contribution is -2.56. The van der Waals surface area contributed by atoms with Gasteiger partial charge in [-0.2, -0.15) is 0 Å². The topological polar surface area (TPSA) is 68.5 Å². The number of piperidine rings is 1. The van der Waals surface area contributed by atoms with E-state index in [4.69, 9.17) is 15.5 Å². The maximum Gasteiger partial charge on any atom is 0.410 e. The Kier molecular flexibility index (Phi) is 5.80.